The van der Waals surface area contributed by atoms with Gasteiger partial charge in [-0.15, -0.1) is 0 Å². The van der Waals surface area contributed by atoms with Crippen molar-refractivity contribution in [2.45, 2.75) is 31.1 Å². The van der Waals surface area contributed by atoms with Crippen LogP contribution in [0.3, 0.4) is 0 Å². The third kappa shape index (κ3) is 2.80. The van der Waals surface area contributed by atoms with E-state index in [1.807, 2.05) is 0 Å². The number of hydrogen-bond donors (Lipinski definition) is 4. The third-order valence-corrected chi connectivity index (χ3v) is 4.21. The van der Waals surface area contributed by atoms with Crippen molar-refractivity contribution in [2.75, 3.05) is 11.9 Å². The van der Waals surface area contributed by atoms with Crippen LogP contribution in [-0.2, 0) is 11.3 Å². The number of aliphatic hydroxyl groups excluding tert-OH is 3. The number of aromatic nitrogens is 4. The maximum Gasteiger partial charge on any atom is 0.277 e. The van der Waals surface area contributed by atoms with Crippen molar-refractivity contribution in [3.63, 3.8) is 0 Å². The molecule has 1 saturated heterocycles. The Bertz CT molecular complexity index is 915. The number of halogens is 1. The summed E-state index contributed by atoms with van der Waals surface area (Å²) in [6.45, 7) is -0.237. The number of fused-ring (bicyclic) bond motifs is 1. The second-order valence-corrected chi connectivity index (χ2v) is 5.83. The highest BCUT2D eigenvalue weighted by Gasteiger charge is 2.44. The molecule has 26 heavy (non-hydrogen) atoms. The topological polar surface area (TPSA) is 139 Å². The van der Waals surface area contributed by atoms with Gasteiger partial charge in [-0.1, -0.05) is 0 Å². The molecule has 0 radical (unpaired) electrons. The van der Waals surface area contributed by atoms with Crippen LogP contribution in [0.5, 0.6) is 0 Å². The molecule has 1 fully saturated rings. The summed E-state index contributed by atoms with van der Waals surface area (Å²) in [7, 11) is 0. The van der Waals surface area contributed by atoms with E-state index in [1.165, 1.54) is 29.4 Å². The van der Waals surface area contributed by atoms with Gasteiger partial charge < -0.3 is 29.8 Å². The molecule has 1 aliphatic rings. The van der Waals surface area contributed by atoms with Gasteiger partial charge in [0, 0.05) is 6.07 Å². The molecule has 3 aromatic rings. The molecular weight excluding hydrogens is 349 g/mol. The van der Waals surface area contributed by atoms with E-state index >= 15 is 0 Å². The first-order valence-electron chi connectivity index (χ1n) is 7.86. The SMILES string of the molecule is OC[C@H]1OC(n2cnc3c(NCc4ccc(F)o4)ncnc32)[C@@H](O)[C@@H]1O. The molecule has 0 spiro atoms. The number of hydrogen-bond acceptors (Lipinski definition) is 9. The summed E-state index contributed by atoms with van der Waals surface area (Å²) in [6.07, 6.45) is -1.63. The Hall–Kier alpha value is -2.60. The van der Waals surface area contributed by atoms with Gasteiger partial charge in [0.15, 0.2) is 23.2 Å². The molecule has 4 heterocycles. The fraction of sp³-hybridized carbons (Fsp3) is 0.400. The Morgan fingerprint density at radius 2 is 2.04 bits per heavy atom. The Morgan fingerprint density at radius 3 is 2.73 bits per heavy atom. The van der Waals surface area contributed by atoms with Crippen LogP contribution >= 0.6 is 0 Å². The number of ether oxygens (including phenoxy) is 1. The van der Waals surface area contributed by atoms with Gasteiger partial charge in [-0.25, -0.2) is 15.0 Å². The van der Waals surface area contributed by atoms with E-state index in [0.29, 0.717) is 22.7 Å². The van der Waals surface area contributed by atoms with Crippen LogP contribution in [0.4, 0.5) is 10.2 Å². The summed E-state index contributed by atoms with van der Waals surface area (Å²) in [5, 5.41) is 32.3. The quantitative estimate of drug-likeness (QED) is 0.483. The minimum Gasteiger partial charge on any atom is -0.434 e. The summed E-state index contributed by atoms with van der Waals surface area (Å²) in [5.74, 6) is 0.773. The van der Waals surface area contributed by atoms with Gasteiger partial charge in [0.1, 0.15) is 30.4 Å². The minimum atomic E-state index is -1.25. The number of imidazole rings is 1. The van der Waals surface area contributed by atoms with Gasteiger partial charge in [-0.05, 0) is 6.07 Å². The molecule has 11 heteroatoms. The van der Waals surface area contributed by atoms with E-state index < -0.39 is 37.2 Å². The van der Waals surface area contributed by atoms with Crippen LogP contribution in [0.1, 0.15) is 12.0 Å². The molecule has 0 saturated carbocycles. The zero-order valence-corrected chi connectivity index (χ0v) is 13.4. The van der Waals surface area contributed by atoms with Crippen LogP contribution in [0.25, 0.3) is 11.2 Å². The molecule has 3 aromatic heterocycles. The molecule has 0 aliphatic carbocycles. The first-order chi connectivity index (χ1) is 12.6. The van der Waals surface area contributed by atoms with E-state index in [4.69, 9.17) is 9.15 Å². The fourth-order valence-corrected chi connectivity index (χ4v) is 2.89. The first-order valence-corrected chi connectivity index (χ1v) is 7.86. The molecule has 4 N–H and O–H groups in total. The van der Waals surface area contributed by atoms with Crippen molar-refractivity contribution >= 4 is 17.0 Å². The standard InChI is InChI=1S/C15H16FN5O5/c16-9-2-1-7(25-9)3-17-13-10-14(19-5-18-13)21(6-20-10)15-12(24)11(23)8(4-22)26-15/h1-2,5-6,8,11-12,15,22-24H,3-4H2,(H,17,18,19)/t8-,11-,12+,15?/m1/s1. The van der Waals surface area contributed by atoms with E-state index in [-0.39, 0.29) is 6.54 Å². The van der Waals surface area contributed by atoms with Gasteiger partial charge in [-0.2, -0.15) is 4.39 Å². The predicted molar refractivity (Wildman–Crippen MR) is 84.3 cm³/mol. The highest BCUT2D eigenvalue weighted by atomic mass is 19.1. The summed E-state index contributed by atoms with van der Waals surface area (Å²) in [4.78, 5) is 12.5. The molecule has 0 bridgehead atoms. The van der Waals surface area contributed by atoms with Gasteiger partial charge in [0.05, 0.1) is 19.5 Å². The van der Waals surface area contributed by atoms with Crippen LogP contribution in [0, 0.1) is 6.01 Å². The maximum absolute atomic E-state index is 12.9. The van der Waals surface area contributed by atoms with Gasteiger partial charge in [-0.3, -0.25) is 4.57 Å². The van der Waals surface area contributed by atoms with Crippen LogP contribution < -0.4 is 5.32 Å². The summed E-state index contributed by atoms with van der Waals surface area (Å²) < 4.78 is 24.7. The minimum absolute atomic E-state index is 0.191. The lowest BCUT2D eigenvalue weighted by Crippen LogP contribution is -2.33. The zero-order valence-electron chi connectivity index (χ0n) is 13.4. The lowest BCUT2D eigenvalue weighted by molar-refractivity contribution is -0.0511. The average molecular weight is 365 g/mol. The molecular formula is C15H16FN5O5. The number of furan rings is 1. The summed E-state index contributed by atoms with van der Waals surface area (Å²) in [6, 6.07) is 2.03. The molecule has 0 aromatic carbocycles. The molecule has 4 rings (SSSR count). The van der Waals surface area contributed by atoms with Crippen molar-refractivity contribution in [3.8, 4) is 0 Å². The molecule has 138 valence electrons. The largest absolute Gasteiger partial charge is 0.434 e. The number of aliphatic hydroxyl groups is 3. The Balaban J connectivity index is 1.61. The van der Waals surface area contributed by atoms with E-state index in [2.05, 4.69) is 20.3 Å². The third-order valence-electron chi connectivity index (χ3n) is 4.21. The molecule has 10 nitrogen and oxygen atoms in total. The Morgan fingerprint density at radius 1 is 1.19 bits per heavy atom. The predicted octanol–water partition coefficient (Wildman–Crippen LogP) is -0.218. The van der Waals surface area contributed by atoms with Crippen molar-refractivity contribution in [2.24, 2.45) is 0 Å². The normalized spacial score (nSPS) is 25.8. The Kier molecular flexibility index (Phi) is 4.28. The fourth-order valence-electron chi connectivity index (χ4n) is 2.89. The smallest absolute Gasteiger partial charge is 0.277 e. The lowest BCUT2D eigenvalue weighted by atomic mass is 10.1. The van der Waals surface area contributed by atoms with Crippen molar-refractivity contribution in [1.29, 1.82) is 0 Å². The molecule has 1 unspecified atom stereocenters. The number of anilines is 1. The van der Waals surface area contributed by atoms with E-state index in [0.717, 1.165) is 0 Å². The second kappa shape index (κ2) is 6.61. The first kappa shape index (κ1) is 16.8. The molecule has 1 aliphatic heterocycles. The van der Waals surface area contributed by atoms with Crippen molar-refractivity contribution < 1.29 is 28.9 Å². The lowest BCUT2D eigenvalue weighted by Gasteiger charge is -2.16. The van der Waals surface area contributed by atoms with Crippen LogP contribution in [-0.4, -0.2) is 59.8 Å². The van der Waals surface area contributed by atoms with Gasteiger partial charge >= 0.3 is 0 Å². The Labute approximate surface area is 145 Å². The van der Waals surface area contributed by atoms with E-state index in [1.54, 1.807) is 0 Å². The van der Waals surface area contributed by atoms with Crippen molar-refractivity contribution in [1.82, 2.24) is 19.5 Å². The molecule has 4 atom stereocenters. The van der Waals surface area contributed by atoms with Gasteiger partial charge in [0.2, 0.25) is 0 Å². The zero-order chi connectivity index (χ0) is 18.3. The van der Waals surface area contributed by atoms with Crippen LogP contribution in [0.15, 0.2) is 29.2 Å². The van der Waals surface area contributed by atoms with Crippen LogP contribution in [0.2, 0.25) is 0 Å². The average Bonchev–Trinajstić information content (AvgIpc) is 3.32. The summed E-state index contributed by atoms with van der Waals surface area (Å²) >= 11 is 0. The van der Waals surface area contributed by atoms with Crippen molar-refractivity contribution in [3.05, 3.63) is 36.6 Å². The number of nitrogens with one attached hydrogen (secondary N) is 1. The highest BCUT2D eigenvalue weighted by Crippen LogP contribution is 2.32. The monoisotopic (exact) mass is 365 g/mol. The van der Waals surface area contributed by atoms with Gasteiger partial charge in [0.25, 0.3) is 6.01 Å². The second-order valence-electron chi connectivity index (χ2n) is 5.83. The maximum atomic E-state index is 12.9. The van der Waals surface area contributed by atoms with E-state index in [9.17, 15) is 19.7 Å². The number of rotatable bonds is 5. The highest BCUT2D eigenvalue weighted by molar-refractivity contribution is 5.82. The number of nitrogens with zero attached hydrogens (tertiary/aromatic N) is 4. The summed E-state index contributed by atoms with van der Waals surface area (Å²) in [5.41, 5.74) is 0.764. The molecule has 0 amide bonds.